The molecule has 128 valence electrons. The Morgan fingerprint density at radius 3 is 2.00 bits per heavy atom. The molecule has 0 saturated heterocycles. The summed E-state index contributed by atoms with van der Waals surface area (Å²) in [7, 11) is -1.85. The van der Waals surface area contributed by atoms with E-state index in [1.165, 1.54) is 0 Å². The second-order valence-electron chi connectivity index (χ2n) is 7.88. The Labute approximate surface area is 147 Å². The van der Waals surface area contributed by atoms with E-state index in [2.05, 4.69) is 33.9 Å². The highest BCUT2D eigenvalue weighted by atomic mass is 28.4. The van der Waals surface area contributed by atoms with E-state index >= 15 is 0 Å². The Hall–Kier alpha value is -1.87. The fourth-order valence-electron chi connectivity index (χ4n) is 2.28. The Balaban J connectivity index is 2.13. The number of ketones is 1. The molecule has 0 N–H and O–H groups in total. The van der Waals surface area contributed by atoms with Gasteiger partial charge >= 0.3 is 0 Å². The van der Waals surface area contributed by atoms with Crippen LogP contribution in [0.15, 0.2) is 54.6 Å². The van der Waals surface area contributed by atoms with Crippen LogP contribution in [0.3, 0.4) is 0 Å². The maximum atomic E-state index is 12.7. The number of carbonyl (C=O) groups excluding carboxylic acids is 1. The molecular formula is C21H28O2Si. The van der Waals surface area contributed by atoms with Crippen molar-refractivity contribution in [2.75, 3.05) is 0 Å². The monoisotopic (exact) mass is 340 g/mol. The molecule has 0 aliphatic heterocycles. The molecule has 0 bridgehead atoms. The van der Waals surface area contributed by atoms with Crippen LogP contribution in [0.25, 0.3) is 0 Å². The Bertz CT molecular complexity index is 682. The summed E-state index contributed by atoms with van der Waals surface area (Å²) >= 11 is 0. The topological polar surface area (TPSA) is 26.3 Å². The molecule has 2 aromatic rings. The lowest BCUT2D eigenvalue weighted by molar-refractivity contribution is 0.0966. The largest absolute Gasteiger partial charge is 0.544 e. The van der Waals surface area contributed by atoms with Gasteiger partial charge in [-0.1, -0.05) is 58.0 Å². The van der Waals surface area contributed by atoms with Crippen LogP contribution in [0.1, 0.15) is 49.5 Å². The average molecular weight is 341 g/mol. The number of rotatable bonds is 5. The molecule has 0 aliphatic carbocycles. The van der Waals surface area contributed by atoms with E-state index in [1.807, 2.05) is 61.5 Å². The number of carbonyl (C=O) groups is 1. The van der Waals surface area contributed by atoms with Crippen molar-refractivity contribution in [3.8, 4) is 5.75 Å². The van der Waals surface area contributed by atoms with E-state index in [9.17, 15) is 4.79 Å². The number of Topliss-reactive ketones (excluding diaryl/α,β-unsaturated/α-hetero) is 1. The fourth-order valence-corrected chi connectivity index (χ4v) is 3.31. The molecule has 0 aromatic heterocycles. The first-order chi connectivity index (χ1) is 11.1. The number of benzene rings is 2. The minimum absolute atomic E-state index is 0.139. The van der Waals surface area contributed by atoms with Gasteiger partial charge in [0.1, 0.15) is 5.75 Å². The van der Waals surface area contributed by atoms with Gasteiger partial charge in [-0.05, 0) is 48.0 Å². The lowest BCUT2D eigenvalue weighted by Crippen LogP contribution is -2.43. The van der Waals surface area contributed by atoms with Gasteiger partial charge in [0, 0.05) is 11.5 Å². The maximum absolute atomic E-state index is 12.7. The zero-order chi connectivity index (χ0) is 18.0. The summed E-state index contributed by atoms with van der Waals surface area (Å²) in [6, 6.07) is 17.5. The Morgan fingerprint density at radius 2 is 1.50 bits per heavy atom. The first-order valence-corrected chi connectivity index (χ1v) is 11.4. The van der Waals surface area contributed by atoms with Crippen molar-refractivity contribution in [2.45, 2.75) is 51.7 Å². The summed E-state index contributed by atoms with van der Waals surface area (Å²) in [4.78, 5) is 12.7. The molecule has 24 heavy (non-hydrogen) atoms. The van der Waals surface area contributed by atoms with Crippen LogP contribution in [0.2, 0.25) is 18.1 Å². The summed E-state index contributed by atoms with van der Waals surface area (Å²) in [5, 5.41) is 0.156. The minimum atomic E-state index is -1.85. The van der Waals surface area contributed by atoms with Crippen LogP contribution in [-0.2, 0) is 0 Å². The standard InChI is InChI=1S/C21H28O2Si/c1-16(17-10-8-7-9-11-17)20(22)18-12-14-19(15-13-18)23-24(5,6)21(2,3)4/h7-16H,1-6H3. The van der Waals surface area contributed by atoms with E-state index in [4.69, 9.17) is 4.43 Å². The first-order valence-electron chi connectivity index (χ1n) is 8.50. The van der Waals surface area contributed by atoms with Gasteiger partial charge in [0.2, 0.25) is 8.32 Å². The molecule has 0 radical (unpaired) electrons. The van der Waals surface area contributed by atoms with Gasteiger partial charge in [0.05, 0.1) is 0 Å². The molecule has 0 aliphatic rings. The van der Waals surface area contributed by atoms with Gasteiger partial charge in [-0.3, -0.25) is 4.79 Å². The quantitative estimate of drug-likeness (QED) is 0.488. The van der Waals surface area contributed by atoms with Crippen LogP contribution in [0.5, 0.6) is 5.75 Å². The van der Waals surface area contributed by atoms with Crippen molar-refractivity contribution in [1.82, 2.24) is 0 Å². The van der Waals surface area contributed by atoms with Gasteiger partial charge in [-0.2, -0.15) is 0 Å². The van der Waals surface area contributed by atoms with Crippen molar-refractivity contribution < 1.29 is 9.22 Å². The zero-order valence-electron chi connectivity index (χ0n) is 15.6. The molecule has 0 heterocycles. The summed E-state index contributed by atoms with van der Waals surface area (Å²) in [5.41, 5.74) is 1.78. The van der Waals surface area contributed by atoms with Gasteiger partial charge in [0.25, 0.3) is 0 Å². The lowest BCUT2D eigenvalue weighted by atomic mass is 9.92. The predicted molar refractivity (Wildman–Crippen MR) is 103 cm³/mol. The molecule has 2 rings (SSSR count). The number of hydrogen-bond acceptors (Lipinski definition) is 2. The smallest absolute Gasteiger partial charge is 0.250 e. The molecule has 0 spiro atoms. The third-order valence-electron chi connectivity index (χ3n) is 5.01. The van der Waals surface area contributed by atoms with Crippen molar-refractivity contribution in [2.24, 2.45) is 0 Å². The molecule has 2 aromatic carbocycles. The molecular weight excluding hydrogens is 312 g/mol. The third-order valence-corrected chi connectivity index (χ3v) is 9.37. The SMILES string of the molecule is CC(C(=O)c1ccc(O[Si](C)(C)C(C)(C)C)cc1)c1ccccc1. The van der Waals surface area contributed by atoms with E-state index in [-0.39, 0.29) is 16.7 Å². The molecule has 0 saturated carbocycles. The molecule has 1 unspecified atom stereocenters. The Morgan fingerprint density at radius 1 is 0.958 bits per heavy atom. The van der Waals surface area contributed by atoms with E-state index < -0.39 is 8.32 Å². The maximum Gasteiger partial charge on any atom is 0.250 e. The van der Waals surface area contributed by atoms with Gasteiger partial charge in [0.15, 0.2) is 5.78 Å². The Kier molecular flexibility index (Phi) is 5.34. The van der Waals surface area contributed by atoms with Crippen LogP contribution >= 0.6 is 0 Å². The second-order valence-corrected chi connectivity index (χ2v) is 12.6. The van der Waals surface area contributed by atoms with Crippen LogP contribution < -0.4 is 4.43 Å². The second kappa shape index (κ2) is 6.94. The zero-order valence-corrected chi connectivity index (χ0v) is 16.6. The highest BCUT2D eigenvalue weighted by Crippen LogP contribution is 2.37. The summed E-state index contributed by atoms with van der Waals surface area (Å²) in [5.74, 6) is 0.851. The molecule has 1 atom stereocenters. The first kappa shape index (κ1) is 18.5. The van der Waals surface area contributed by atoms with Crippen molar-refractivity contribution in [1.29, 1.82) is 0 Å². The summed E-state index contributed by atoms with van der Waals surface area (Å²) in [6.45, 7) is 13.1. The highest BCUT2D eigenvalue weighted by molar-refractivity contribution is 6.74. The lowest BCUT2D eigenvalue weighted by Gasteiger charge is -2.36. The molecule has 0 amide bonds. The van der Waals surface area contributed by atoms with E-state index in [1.54, 1.807) is 0 Å². The third kappa shape index (κ3) is 4.15. The normalized spacial score (nSPS) is 13.4. The molecule has 3 heteroatoms. The molecule has 2 nitrogen and oxygen atoms in total. The van der Waals surface area contributed by atoms with Crippen LogP contribution in [-0.4, -0.2) is 14.1 Å². The van der Waals surface area contributed by atoms with E-state index in [0.717, 1.165) is 16.9 Å². The van der Waals surface area contributed by atoms with Gasteiger partial charge in [-0.25, -0.2) is 0 Å². The highest BCUT2D eigenvalue weighted by Gasteiger charge is 2.38. The van der Waals surface area contributed by atoms with Crippen molar-refractivity contribution >= 4 is 14.1 Å². The number of hydrogen-bond donors (Lipinski definition) is 0. The van der Waals surface area contributed by atoms with Crippen LogP contribution in [0, 0.1) is 0 Å². The van der Waals surface area contributed by atoms with E-state index in [0.29, 0.717) is 0 Å². The van der Waals surface area contributed by atoms with Crippen molar-refractivity contribution in [3.05, 3.63) is 65.7 Å². The summed E-state index contributed by atoms with van der Waals surface area (Å²) in [6.07, 6.45) is 0. The van der Waals surface area contributed by atoms with Crippen LogP contribution in [0.4, 0.5) is 0 Å². The average Bonchev–Trinajstić information content (AvgIpc) is 2.53. The summed E-state index contributed by atoms with van der Waals surface area (Å²) < 4.78 is 6.27. The van der Waals surface area contributed by atoms with Gasteiger partial charge < -0.3 is 4.43 Å². The minimum Gasteiger partial charge on any atom is -0.544 e. The predicted octanol–water partition coefficient (Wildman–Crippen LogP) is 6.06. The van der Waals surface area contributed by atoms with Crippen molar-refractivity contribution in [3.63, 3.8) is 0 Å². The fraction of sp³-hybridized carbons (Fsp3) is 0.381. The van der Waals surface area contributed by atoms with Gasteiger partial charge in [-0.15, -0.1) is 0 Å². The molecule has 0 fully saturated rings.